The second kappa shape index (κ2) is 7.72. The van der Waals surface area contributed by atoms with Crippen LogP contribution in [0.25, 0.3) is 11.0 Å². The van der Waals surface area contributed by atoms with Crippen LogP contribution in [0.15, 0.2) is 86.7 Å². The van der Waals surface area contributed by atoms with Gasteiger partial charge in [0.15, 0.2) is 5.75 Å². The molecule has 1 aliphatic heterocycles. The SMILES string of the molecule is N#CC1=C(N)Oc2c(c(=O)oc3ccccc23)[C@H]1c1ccccc1OC(=O)c1cccs1. The number of carbonyl (C=O) groups excluding carboxylic acids is 1. The van der Waals surface area contributed by atoms with E-state index < -0.39 is 17.5 Å². The summed E-state index contributed by atoms with van der Waals surface area (Å²) in [5.41, 5.74) is 6.34. The Balaban J connectivity index is 1.73. The molecule has 0 fully saturated rings. The Morgan fingerprint density at radius 2 is 1.88 bits per heavy atom. The van der Waals surface area contributed by atoms with Gasteiger partial charge in [0.2, 0.25) is 5.88 Å². The topological polar surface area (TPSA) is 116 Å². The summed E-state index contributed by atoms with van der Waals surface area (Å²) in [6.45, 7) is 0. The summed E-state index contributed by atoms with van der Waals surface area (Å²) in [4.78, 5) is 26.0. The fraction of sp³-hybridized carbons (Fsp3) is 0.0417. The highest BCUT2D eigenvalue weighted by Crippen LogP contribution is 2.45. The van der Waals surface area contributed by atoms with E-state index in [2.05, 4.69) is 0 Å². The molecule has 8 heteroatoms. The Kier molecular flexibility index (Phi) is 4.73. The zero-order valence-electron chi connectivity index (χ0n) is 16.4. The van der Waals surface area contributed by atoms with Gasteiger partial charge in [-0.2, -0.15) is 5.26 Å². The number of esters is 1. The van der Waals surface area contributed by atoms with Crippen LogP contribution < -0.4 is 20.8 Å². The summed E-state index contributed by atoms with van der Waals surface area (Å²) in [5, 5.41) is 12.1. The van der Waals surface area contributed by atoms with Gasteiger partial charge in [0.25, 0.3) is 0 Å². The lowest BCUT2D eigenvalue weighted by Gasteiger charge is -2.26. The van der Waals surface area contributed by atoms with Gasteiger partial charge in [-0.1, -0.05) is 36.4 Å². The maximum Gasteiger partial charge on any atom is 0.353 e. The first-order chi connectivity index (χ1) is 15.6. The van der Waals surface area contributed by atoms with Crippen molar-refractivity contribution in [2.45, 2.75) is 5.92 Å². The standard InChI is InChI=1S/C24H14N2O5S/c25-12-15-19(13-6-1-3-8-16(13)29-23(27)18-10-5-11-32-18)20-21(31-22(15)26)14-7-2-4-9-17(14)30-24(20)28/h1-11,19H,26H2/t19-/m0/s1. The van der Waals surface area contributed by atoms with E-state index in [0.717, 1.165) is 0 Å². The number of hydrogen-bond acceptors (Lipinski definition) is 8. The summed E-state index contributed by atoms with van der Waals surface area (Å²) in [6.07, 6.45) is 0. The molecule has 0 spiro atoms. The van der Waals surface area contributed by atoms with Crippen molar-refractivity contribution in [2.24, 2.45) is 5.73 Å². The second-order valence-corrected chi connectivity index (χ2v) is 7.91. The highest BCUT2D eigenvalue weighted by molar-refractivity contribution is 7.12. The minimum atomic E-state index is -0.933. The van der Waals surface area contributed by atoms with Crippen molar-refractivity contribution in [1.29, 1.82) is 5.26 Å². The second-order valence-electron chi connectivity index (χ2n) is 6.96. The maximum absolute atomic E-state index is 13.0. The Bertz CT molecular complexity index is 1500. The molecule has 5 rings (SSSR count). The van der Waals surface area contributed by atoms with E-state index in [0.29, 0.717) is 21.4 Å². The van der Waals surface area contributed by atoms with Gasteiger partial charge >= 0.3 is 11.6 Å². The normalized spacial score (nSPS) is 15.0. The smallest absolute Gasteiger partial charge is 0.353 e. The van der Waals surface area contributed by atoms with Gasteiger partial charge in [-0.15, -0.1) is 11.3 Å². The molecule has 0 aliphatic carbocycles. The number of hydrogen-bond donors (Lipinski definition) is 1. The molecule has 0 saturated carbocycles. The van der Waals surface area contributed by atoms with Gasteiger partial charge in [0, 0.05) is 5.56 Å². The largest absolute Gasteiger partial charge is 0.439 e. The molecule has 3 heterocycles. The highest BCUT2D eigenvalue weighted by atomic mass is 32.1. The molecule has 156 valence electrons. The minimum absolute atomic E-state index is 0.0275. The molecule has 1 atom stereocenters. The third kappa shape index (κ3) is 3.12. The Morgan fingerprint density at radius 1 is 1.09 bits per heavy atom. The van der Waals surface area contributed by atoms with E-state index in [4.69, 9.17) is 19.6 Å². The molecule has 2 aromatic carbocycles. The summed E-state index contributed by atoms with van der Waals surface area (Å²) in [5.74, 6) is -1.17. The lowest BCUT2D eigenvalue weighted by molar-refractivity contribution is 0.0738. The number of para-hydroxylation sites is 2. The van der Waals surface area contributed by atoms with Gasteiger partial charge in [-0.3, -0.25) is 0 Å². The van der Waals surface area contributed by atoms with Gasteiger partial charge < -0.3 is 19.6 Å². The fourth-order valence-corrected chi connectivity index (χ4v) is 4.33. The summed E-state index contributed by atoms with van der Waals surface area (Å²) < 4.78 is 16.9. The van der Waals surface area contributed by atoms with Gasteiger partial charge in [-0.05, 0) is 29.6 Å². The number of nitrogens with zero attached hydrogens (tertiary/aromatic N) is 1. The highest BCUT2D eigenvalue weighted by Gasteiger charge is 2.37. The van der Waals surface area contributed by atoms with Gasteiger partial charge in [0.1, 0.15) is 27.9 Å². The lowest BCUT2D eigenvalue weighted by atomic mass is 9.83. The molecule has 0 unspecified atom stereocenters. The van der Waals surface area contributed by atoms with Crippen molar-refractivity contribution in [3.05, 3.63) is 104 Å². The first-order valence-corrected chi connectivity index (χ1v) is 10.4. The summed E-state index contributed by atoms with van der Waals surface area (Å²) in [6, 6.07) is 19.0. The molecular formula is C24H14N2O5S. The van der Waals surface area contributed by atoms with E-state index in [1.807, 2.05) is 6.07 Å². The van der Waals surface area contributed by atoms with Crippen molar-refractivity contribution in [3.63, 3.8) is 0 Å². The molecule has 1 aliphatic rings. The van der Waals surface area contributed by atoms with Crippen LogP contribution in [-0.2, 0) is 0 Å². The van der Waals surface area contributed by atoms with Crippen LogP contribution in [0.3, 0.4) is 0 Å². The summed E-state index contributed by atoms with van der Waals surface area (Å²) >= 11 is 1.25. The molecule has 0 radical (unpaired) electrons. The van der Waals surface area contributed by atoms with Crippen molar-refractivity contribution in [1.82, 2.24) is 0 Å². The third-order valence-corrected chi connectivity index (χ3v) is 5.98. The molecule has 32 heavy (non-hydrogen) atoms. The molecule has 0 bridgehead atoms. The lowest BCUT2D eigenvalue weighted by Crippen LogP contribution is -2.26. The first kappa shape index (κ1) is 19.6. The van der Waals surface area contributed by atoms with E-state index in [9.17, 15) is 14.9 Å². The van der Waals surface area contributed by atoms with Crippen LogP contribution >= 0.6 is 11.3 Å². The zero-order valence-corrected chi connectivity index (χ0v) is 17.2. The van der Waals surface area contributed by atoms with Crippen LogP contribution in [0.2, 0.25) is 0 Å². The van der Waals surface area contributed by atoms with Crippen molar-refractivity contribution < 1.29 is 18.7 Å². The molecule has 2 aromatic heterocycles. The molecule has 0 amide bonds. The first-order valence-electron chi connectivity index (χ1n) is 9.56. The number of fused-ring (bicyclic) bond motifs is 3. The summed E-state index contributed by atoms with van der Waals surface area (Å²) in [7, 11) is 0. The van der Waals surface area contributed by atoms with E-state index in [1.54, 1.807) is 66.0 Å². The molecule has 2 N–H and O–H groups in total. The maximum atomic E-state index is 13.0. The monoisotopic (exact) mass is 442 g/mol. The van der Waals surface area contributed by atoms with Crippen LogP contribution in [-0.4, -0.2) is 5.97 Å². The third-order valence-electron chi connectivity index (χ3n) is 5.13. The molecule has 7 nitrogen and oxygen atoms in total. The van der Waals surface area contributed by atoms with E-state index >= 15 is 0 Å². The van der Waals surface area contributed by atoms with Gasteiger partial charge in [-0.25, -0.2) is 9.59 Å². The predicted octanol–water partition coefficient (Wildman–Crippen LogP) is 4.29. The predicted molar refractivity (Wildman–Crippen MR) is 118 cm³/mol. The number of nitriles is 1. The van der Waals surface area contributed by atoms with Crippen LogP contribution in [0, 0.1) is 11.3 Å². The van der Waals surface area contributed by atoms with E-state index in [1.165, 1.54) is 11.3 Å². The fourth-order valence-electron chi connectivity index (χ4n) is 3.73. The number of thiophene rings is 1. The van der Waals surface area contributed by atoms with E-state index in [-0.39, 0.29) is 28.5 Å². The Labute approximate surface area is 185 Å². The average molecular weight is 442 g/mol. The zero-order chi connectivity index (χ0) is 22.2. The van der Waals surface area contributed by atoms with Crippen molar-refractivity contribution >= 4 is 28.3 Å². The number of nitrogens with two attached hydrogens (primary N) is 1. The quantitative estimate of drug-likeness (QED) is 0.286. The number of carbonyl (C=O) groups is 1. The van der Waals surface area contributed by atoms with Crippen LogP contribution in [0.4, 0.5) is 0 Å². The molecule has 0 saturated heterocycles. The van der Waals surface area contributed by atoms with Crippen molar-refractivity contribution in [2.75, 3.05) is 0 Å². The number of benzene rings is 2. The van der Waals surface area contributed by atoms with Crippen molar-refractivity contribution in [3.8, 4) is 17.6 Å². The molecule has 4 aromatic rings. The average Bonchev–Trinajstić information content (AvgIpc) is 3.34. The van der Waals surface area contributed by atoms with Crippen LogP contribution in [0.1, 0.15) is 26.7 Å². The Hall–Kier alpha value is -4.35. The molecular weight excluding hydrogens is 428 g/mol. The minimum Gasteiger partial charge on any atom is -0.439 e. The number of ether oxygens (including phenoxy) is 2. The number of rotatable bonds is 3. The number of allylic oxidation sites excluding steroid dienone is 1. The van der Waals surface area contributed by atoms with Crippen LogP contribution in [0.5, 0.6) is 11.5 Å². The van der Waals surface area contributed by atoms with Gasteiger partial charge in [0.05, 0.1) is 16.9 Å². The Morgan fingerprint density at radius 3 is 2.66 bits per heavy atom.